The molecule has 4 nitrogen and oxygen atoms in total. The molecule has 0 spiro atoms. The molecule has 3 N–H and O–H groups in total. The van der Waals surface area contributed by atoms with Gasteiger partial charge in [-0.25, -0.2) is 0 Å². The molecule has 0 aromatic heterocycles. The Morgan fingerprint density at radius 2 is 2.05 bits per heavy atom. The van der Waals surface area contributed by atoms with Gasteiger partial charge in [0.05, 0.1) is 11.4 Å². The molecule has 4 heteroatoms. The minimum atomic E-state index is -0.0213. The van der Waals surface area contributed by atoms with Gasteiger partial charge in [-0.3, -0.25) is 4.79 Å². The van der Waals surface area contributed by atoms with Crippen LogP contribution < -0.4 is 16.0 Å². The summed E-state index contributed by atoms with van der Waals surface area (Å²) in [5, 5.41) is 3.19. The van der Waals surface area contributed by atoms with Crippen molar-refractivity contribution < 1.29 is 4.79 Å². The van der Waals surface area contributed by atoms with Crippen LogP contribution in [-0.2, 0) is 0 Å². The second kappa shape index (κ2) is 5.96. The second-order valence-electron chi connectivity index (χ2n) is 6.93. The van der Waals surface area contributed by atoms with Crippen molar-refractivity contribution in [3.8, 4) is 0 Å². The predicted octanol–water partition coefficient (Wildman–Crippen LogP) is 3.03. The normalized spacial score (nSPS) is 20.9. The summed E-state index contributed by atoms with van der Waals surface area (Å²) in [6, 6.07) is 5.75. The summed E-state index contributed by atoms with van der Waals surface area (Å²) < 4.78 is 0. The minimum absolute atomic E-state index is 0.0213. The summed E-state index contributed by atoms with van der Waals surface area (Å²) in [5.41, 5.74) is 8.40. The van der Waals surface area contributed by atoms with Crippen molar-refractivity contribution in [1.29, 1.82) is 0 Å². The first-order valence-corrected chi connectivity index (χ1v) is 7.69. The summed E-state index contributed by atoms with van der Waals surface area (Å²) >= 11 is 0. The van der Waals surface area contributed by atoms with Gasteiger partial charge in [-0.15, -0.1) is 0 Å². The van der Waals surface area contributed by atoms with Gasteiger partial charge in [-0.05, 0) is 36.5 Å². The average Bonchev–Trinajstić information content (AvgIpc) is 2.40. The molecule has 1 amide bonds. The molecule has 1 aliphatic rings. The Morgan fingerprint density at radius 3 is 2.62 bits per heavy atom. The molecule has 116 valence electrons. The number of rotatable bonds is 3. The Morgan fingerprint density at radius 1 is 1.33 bits per heavy atom. The van der Waals surface area contributed by atoms with Crippen molar-refractivity contribution in [3.63, 3.8) is 0 Å². The third kappa shape index (κ3) is 3.49. The smallest absolute Gasteiger partial charge is 0.251 e. The maximum atomic E-state index is 12.5. The molecule has 1 aromatic carbocycles. The lowest BCUT2D eigenvalue weighted by atomic mass is 9.73. The lowest BCUT2D eigenvalue weighted by Crippen LogP contribution is -2.46. The number of nitrogens with zero attached hydrogens (tertiary/aromatic N) is 1. The zero-order valence-electron chi connectivity index (χ0n) is 13.6. The first-order valence-electron chi connectivity index (χ1n) is 7.69. The molecular formula is C17H27N3O. The second-order valence-corrected chi connectivity index (χ2v) is 6.93. The quantitative estimate of drug-likeness (QED) is 0.841. The fourth-order valence-electron chi connectivity index (χ4n) is 3.11. The van der Waals surface area contributed by atoms with Gasteiger partial charge in [-0.1, -0.05) is 26.7 Å². The van der Waals surface area contributed by atoms with Gasteiger partial charge in [0.25, 0.3) is 5.91 Å². The number of amides is 1. The summed E-state index contributed by atoms with van der Waals surface area (Å²) in [7, 11) is 3.88. The van der Waals surface area contributed by atoms with Crippen molar-refractivity contribution in [2.24, 2.45) is 5.41 Å². The average molecular weight is 289 g/mol. The topological polar surface area (TPSA) is 58.4 Å². The van der Waals surface area contributed by atoms with Gasteiger partial charge in [0.2, 0.25) is 0 Å². The largest absolute Gasteiger partial charge is 0.397 e. The van der Waals surface area contributed by atoms with Crippen LogP contribution in [0.4, 0.5) is 11.4 Å². The number of nitrogen functional groups attached to an aromatic ring is 1. The van der Waals surface area contributed by atoms with Gasteiger partial charge in [0.15, 0.2) is 0 Å². The van der Waals surface area contributed by atoms with E-state index in [1.807, 2.05) is 31.1 Å². The van der Waals surface area contributed by atoms with E-state index in [0.717, 1.165) is 12.1 Å². The van der Waals surface area contributed by atoms with Gasteiger partial charge >= 0.3 is 0 Å². The molecule has 1 unspecified atom stereocenters. The van der Waals surface area contributed by atoms with E-state index in [1.54, 1.807) is 6.07 Å². The lowest BCUT2D eigenvalue weighted by Gasteiger charge is -2.39. The summed E-state index contributed by atoms with van der Waals surface area (Å²) in [6.45, 7) is 4.47. The first kappa shape index (κ1) is 15.7. The minimum Gasteiger partial charge on any atom is -0.397 e. The Hall–Kier alpha value is -1.71. The van der Waals surface area contributed by atoms with Crippen LogP contribution in [0.5, 0.6) is 0 Å². The lowest BCUT2D eigenvalue weighted by molar-refractivity contribution is 0.0853. The number of carbonyl (C=O) groups excluding carboxylic acids is 1. The fraction of sp³-hybridized carbons (Fsp3) is 0.588. The molecule has 1 aliphatic carbocycles. The molecular weight excluding hydrogens is 262 g/mol. The Bertz CT molecular complexity index is 523. The number of hydrogen-bond acceptors (Lipinski definition) is 3. The van der Waals surface area contributed by atoms with E-state index in [9.17, 15) is 4.79 Å². The number of carbonyl (C=O) groups is 1. The highest BCUT2D eigenvalue weighted by Crippen LogP contribution is 2.35. The molecule has 1 fully saturated rings. The molecule has 21 heavy (non-hydrogen) atoms. The molecule has 0 saturated heterocycles. The van der Waals surface area contributed by atoms with Crippen LogP contribution in [0.15, 0.2) is 18.2 Å². The van der Waals surface area contributed by atoms with Crippen LogP contribution in [0.3, 0.4) is 0 Å². The van der Waals surface area contributed by atoms with E-state index in [1.165, 1.54) is 19.3 Å². The van der Waals surface area contributed by atoms with Crippen molar-refractivity contribution in [1.82, 2.24) is 5.32 Å². The number of benzene rings is 1. The van der Waals surface area contributed by atoms with Gasteiger partial charge in [0, 0.05) is 25.7 Å². The highest BCUT2D eigenvalue weighted by molar-refractivity contribution is 5.96. The molecule has 0 aliphatic heterocycles. The van der Waals surface area contributed by atoms with Crippen molar-refractivity contribution >= 4 is 17.3 Å². The van der Waals surface area contributed by atoms with Crippen molar-refractivity contribution in [2.75, 3.05) is 24.7 Å². The van der Waals surface area contributed by atoms with Gasteiger partial charge < -0.3 is 16.0 Å². The Balaban J connectivity index is 2.12. The summed E-state index contributed by atoms with van der Waals surface area (Å²) in [4.78, 5) is 14.4. The molecule has 1 saturated carbocycles. The highest BCUT2D eigenvalue weighted by Gasteiger charge is 2.33. The standard InChI is InChI=1S/C17H27N3O/c1-17(2)10-6-5-7-15(17)19-16(21)12-8-9-14(20(3)4)13(18)11-12/h8-9,11,15H,5-7,10,18H2,1-4H3,(H,19,21). The van der Waals surface area contributed by atoms with E-state index in [-0.39, 0.29) is 17.4 Å². The van der Waals surface area contributed by atoms with Crippen LogP contribution >= 0.6 is 0 Å². The van der Waals surface area contributed by atoms with E-state index < -0.39 is 0 Å². The van der Waals surface area contributed by atoms with E-state index in [2.05, 4.69) is 19.2 Å². The van der Waals surface area contributed by atoms with E-state index in [0.29, 0.717) is 11.3 Å². The third-order valence-corrected chi connectivity index (χ3v) is 4.58. The molecule has 0 radical (unpaired) electrons. The number of anilines is 2. The SMILES string of the molecule is CN(C)c1ccc(C(=O)NC2CCCCC2(C)C)cc1N. The Kier molecular flexibility index (Phi) is 4.45. The molecule has 1 aromatic rings. The Labute approximate surface area is 127 Å². The van der Waals surface area contributed by atoms with Gasteiger partial charge in [-0.2, -0.15) is 0 Å². The van der Waals surface area contributed by atoms with Crippen molar-refractivity contribution in [2.45, 2.75) is 45.6 Å². The summed E-state index contributed by atoms with van der Waals surface area (Å²) in [6.07, 6.45) is 4.67. The monoisotopic (exact) mass is 289 g/mol. The number of nitrogens with two attached hydrogens (primary N) is 1. The highest BCUT2D eigenvalue weighted by atomic mass is 16.1. The predicted molar refractivity (Wildman–Crippen MR) is 88.7 cm³/mol. The van der Waals surface area contributed by atoms with E-state index in [4.69, 9.17) is 5.73 Å². The van der Waals surface area contributed by atoms with Crippen molar-refractivity contribution in [3.05, 3.63) is 23.8 Å². The molecule has 0 heterocycles. The summed E-state index contributed by atoms with van der Waals surface area (Å²) in [5.74, 6) is -0.0213. The third-order valence-electron chi connectivity index (χ3n) is 4.58. The van der Waals surface area contributed by atoms with Crippen LogP contribution in [0.2, 0.25) is 0 Å². The van der Waals surface area contributed by atoms with Gasteiger partial charge in [0.1, 0.15) is 0 Å². The zero-order valence-corrected chi connectivity index (χ0v) is 13.6. The molecule has 0 bridgehead atoms. The zero-order chi connectivity index (χ0) is 15.6. The number of nitrogens with one attached hydrogen (secondary N) is 1. The molecule has 2 rings (SSSR count). The van der Waals surface area contributed by atoms with E-state index >= 15 is 0 Å². The van der Waals surface area contributed by atoms with Crippen LogP contribution in [-0.4, -0.2) is 26.0 Å². The fourth-order valence-corrected chi connectivity index (χ4v) is 3.11. The van der Waals surface area contributed by atoms with Crippen LogP contribution in [0.25, 0.3) is 0 Å². The first-order chi connectivity index (χ1) is 9.81. The maximum Gasteiger partial charge on any atom is 0.251 e. The maximum absolute atomic E-state index is 12.5. The number of hydrogen-bond donors (Lipinski definition) is 2. The van der Waals surface area contributed by atoms with Crippen LogP contribution in [0.1, 0.15) is 49.9 Å². The van der Waals surface area contributed by atoms with Crippen LogP contribution in [0, 0.1) is 5.41 Å². The molecule has 1 atom stereocenters.